The largest absolute Gasteiger partial charge is 0.466 e. The number of aryl methyl sites for hydroxylation is 1. The van der Waals surface area contributed by atoms with Crippen LogP contribution in [0.4, 0.5) is 0 Å². The predicted molar refractivity (Wildman–Crippen MR) is 93.2 cm³/mol. The second kappa shape index (κ2) is 10.3. The smallest absolute Gasteiger partial charge is 0.306 e. The fourth-order valence-electron chi connectivity index (χ4n) is 2.15. The highest BCUT2D eigenvalue weighted by molar-refractivity contribution is 7.86. The van der Waals surface area contributed by atoms with Crippen LogP contribution in [-0.2, 0) is 23.8 Å². The van der Waals surface area contributed by atoms with Crippen molar-refractivity contribution in [1.82, 2.24) is 0 Å². The van der Waals surface area contributed by atoms with Gasteiger partial charge in [-0.1, -0.05) is 29.3 Å². The van der Waals surface area contributed by atoms with Gasteiger partial charge >= 0.3 is 5.97 Å². The molecular weight excluding hydrogens is 328 g/mol. The molecule has 0 fully saturated rings. The zero-order chi connectivity index (χ0) is 18.0. The fraction of sp³-hybridized carbons (Fsp3) is 0.500. The molecule has 6 heteroatoms. The topological polar surface area (TPSA) is 69.7 Å². The Balaban J connectivity index is 2.38. The lowest BCUT2D eigenvalue weighted by Crippen LogP contribution is -2.08. The standard InChI is InChI=1S/C18H26O5S/c1-4-16(10-13-18(19)22-5-2)7-6-14-23-24(20,21)17-11-8-15(3)9-12-17/h4,8-9,11-12H,5-7,10,13-14H2,1-3H3/b16-4+. The van der Waals surface area contributed by atoms with Gasteiger partial charge in [0.15, 0.2) is 0 Å². The van der Waals surface area contributed by atoms with Crippen molar-refractivity contribution in [3.63, 3.8) is 0 Å². The highest BCUT2D eigenvalue weighted by Gasteiger charge is 2.14. The van der Waals surface area contributed by atoms with Gasteiger partial charge in [-0.25, -0.2) is 0 Å². The highest BCUT2D eigenvalue weighted by atomic mass is 32.2. The molecule has 0 saturated carbocycles. The van der Waals surface area contributed by atoms with E-state index in [4.69, 9.17) is 8.92 Å². The zero-order valence-electron chi connectivity index (χ0n) is 14.6. The molecule has 134 valence electrons. The summed E-state index contributed by atoms with van der Waals surface area (Å²) in [5.41, 5.74) is 2.09. The Morgan fingerprint density at radius 2 is 1.79 bits per heavy atom. The summed E-state index contributed by atoms with van der Waals surface area (Å²) in [7, 11) is -3.71. The molecule has 1 aromatic carbocycles. The molecule has 0 aliphatic carbocycles. The molecule has 0 radical (unpaired) electrons. The third-order valence-corrected chi connectivity index (χ3v) is 4.88. The summed E-state index contributed by atoms with van der Waals surface area (Å²) in [6, 6.07) is 6.57. The minimum Gasteiger partial charge on any atom is -0.466 e. The van der Waals surface area contributed by atoms with Crippen molar-refractivity contribution in [3.8, 4) is 0 Å². The molecule has 1 aromatic rings. The number of hydrogen-bond donors (Lipinski definition) is 0. The first-order valence-electron chi connectivity index (χ1n) is 8.14. The van der Waals surface area contributed by atoms with E-state index < -0.39 is 10.1 Å². The Bertz CT molecular complexity index is 644. The molecule has 5 nitrogen and oxygen atoms in total. The quantitative estimate of drug-likeness (QED) is 0.277. The second-order valence-corrected chi connectivity index (χ2v) is 7.06. The maximum atomic E-state index is 12.0. The SMILES string of the molecule is C/C=C(\CCCOS(=O)(=O)c1ccc(C)cc1)CCC(=O)OCC. The van der Waals surface area contributed by atoms with Gasteiger partial charge in [0.1, 0.15) is 0 Å². The molecule has 0 heterocycles. The van der Waals surface area contributed by atoms with Crippen molar-refractivity contribution in [2.45, 2.75) is 51.3 Å². The van der Waals surface area contributed by atoms with Gasteiger partial charge in [-0.05, 0) is 52.2 Å². The Hall–Kier alpha value is -1.66. The second-order valence-electron chi connectivity index (χ2n) is 5.44. The lowest BCUT2D eigenvalue weighted by Gasteiger charge is -2.08. The van der Waals surface area contributed by atoms with Crippen LogP contribution in [0, 0.1) is 6.92 Å². The molecule has 24 heavy (non-hydrogen) atoms. The Kier molecular flexibility index (Phi) is 8.71. The van der Waals surface area contributed by atoms with Gasteiger partial charge in [0.25, 0.3) is 10.1 Å². The van der Waals surface area contributed by atoms with E-state index in [0.29, 0.717) is 32.3 Å². The van der Waals surface area contributed by atoms with E-state index in [0.717, 1.165) is 11.1 Å². The van der Waals surface area contributed by atoms with E-state index in [9.17, 15) is 13.2 Å². The molecule has 0 amide bonds. The molecule has 0 aromatic heterocycles. The van der Waals surface area contributed by atoms with Crippen LogP contribution in [0.5, 0.6) is 0 Å². The maximum Gasteiger partial charge on any atom is 0.306 e. The van der Waals surface area contributed by atoms with Crippen molar-refractivity contribution in [2.24, 2.45) is 0 Å². The molecule has 0 N–H and O–H groups in total. The number of esters is 1. The summed E-state index contributed by atoms with van der Waals surface area (Å²) in [4.78, 5) is 11.5. The van der Waals surface area contributed by atoms with Gasteiger partial charge in [0.2, 0.25) is 0 Å². The van der Waals surface area contributed by atoms with E-state index in [2.05, 4.69) is 0 Å². The van der Waals surface area contributed by atoms with Crippen molar-refractivity contribution >= 4 is 16.1 Å². The number of benzene rings is 1. The number of hydrogen-bond acceptors (Lipinski definition) is 5. The first kappa shape index (κ1) is 20.4. The minimum atomic E-state index is -3.71. The summed E-state index contributed by atoms with van der Waals surface area (Å²) in [6.07, 6.45) is 4.19. The summed E-state index contributed by atoms with van der Waals surface area (Å²) < 4.78 is 34.1. The van der Waals surface area contributed by atoms with Crippen LogP contribution in [0.15, 0.2) is 40.8 Å². The van der Waals surface area contributed by atoms with Crippen LogP contribution >= 0.6 is 0 Å². The number of ether oxygens (including phenoxy) is 1. The number of allylic oxidation sites excluding steroid dienone is 2. The van der Waals surface area contributed by atoms with E-state index >= 15 is 0 Å². The van der Waals surface area contributed by atoms with E-state index in [1.807, 2.05) is 19.9 Å². The monoisotopic (exact) mass is 354 g/mol. The van der Waals surface area contributed by atoms with Crippen molar-refractivity contribution in [1.29, 1.82) is 0 Å². The third kappa shape index (κ3) is 7.27. The third-order valence-electron chi connectivity index (χ3n) is 3.55. The van der Waals surface area contributed by atoms with Gasteiger partial charge in [0, 0.05) is 6.42 Å². The van der Waals surface area contributed by atoms with Gasteiger partial charge in [-0.3, -0.25) is 8.98 Å². The van der Waals surface area contributed by atoms with Gasteiger partial charge in [-0.15, -0.1) is 0 Å². The van der Waals surface area contributed by atoms with E-state index in [1.54, 1.807) is 31.2 Å². The molecule has 1 rings (SSSR count). The summed E-state index contributed by atoms with van der Waals surface area (Å²) >= 11 is 0. The van der Waals surface area contributed by atoms with Crippen LogP contribution in [0.1, 0.15) is 45.1 Å². The first-order valence-corrected chi connectivity index (χ1v) is 9.55. The predicted octanol–water partition coefficient (Wildman–Crippen LogP) is 3.77. The lowest BCUT2D eigenvalue weighted by atomic mass is 10.1. The lowest BCUT2D eigenvalue weighted by molar-refractivity contribution is -0.143. The Morgan fingerprint density at radius 1 is 1.12 bits per heavy atom. The van der Waals surface area contributed by atoms with Crippen molar-refractivity contribution in [3.05, 3.63) is 41.5 Å². The number of carbonyl (C=O) groups excluding carboxylic acids is 1. The molecule has 0 aliphatic rings. The van der Waals surface area contributed by atoms with Gasteiger partial charge in [0.05, 0.1) is 18.1 Å². The summed E-state index contributed by atoms with van der Waals surface area (Å²) in [5, 5.41) is 0. The van der Waals surface area contributed by atoms with Gasteiger partial charge in [-0.2, -0.15) is 8.42 Å². The molecule has 0 bridgehead atoms. The first-order chi connectivity index (χ1) is 11.4. The van der Waals surface area contributed by atoms with Crippen LogP contribution in [-0.4, -0.2) is 27.6 Å². The molecule has 0 saturated heterocycles. The minimum absolute atomic E-state index is 0.118. The fourth-order valence-corrected chi connectivity index (χ4v) is 3.09. The molecule has 0 unspecified atom stereocenters. The molecular formula is C18H26O5S. The maximum absolute atomic E-state index is 12.0. The Morgan fingerprint density at radius 3 is 2.38 bits per heavy atom. The van der Waals surface area contributed by atoms with Crippen LogP contribution in [0.25, 0.3) is 0 Å². The van der Waals surface area contributed by atoms with Crippen molar-refractivity contribution < 1.29 is 22.1 Å². The average Bonchev–Trinajstić information content (AvgIpc) is 2.55. The molecule has 0 spiro atoms. The Labute approximate surface area is 144 Å². The van der Waals surface area contributed by atoms with Gasteiger partial charge < -0.3 is 4.74 Å². The highest BCUT2D eigenvalue weighted by Crippen LogP contribution is 2.16. The van der Waals surface area contributed by atoms with E-state index in [-0.39, 0.29) is 17.5 Å². The van der Waals surface area contributed by atoms with E-state index in [1.165, 1.54) is 0 Å². The summed E-state index contributed by atoms with van der Waals surface area (Å²) in [5.74, 6) is -0.213. The van der Waals surface area contributed by atoms with Crippen LogP contribution in [0.3, 0.4) is 0 Å². The number of rotatable bonds is 10. The number of carbonyl (C=O) groups is 1. The van der Waals surface area contributed by atoms with Crippen LogP contribution < -0.4 is 0 Å². The average molecular weight is 354 g/mol. The normalized spacial score (nSPS) is 12.2. The van der Waals surface area contributed by atoms with Crippen LogP contribution in [0.2, 0.25) is 0 Å². The zero-order valence-corrected chi connectivity index (χ0v) is 15.4. The molecule has 0 atom stereocenters. The summed E-state index contributed by atoms with van der Waals surface area (Å²) in [6.45, 7) is 6.08. The van der Waals surface area contributed by atoms with Crippen molar-refractivity contribution in [2.75, 3.05) is 13.2 Å². The molecule has 0 aliphatic heterocycles.